The minimum atomic E-state index is -0.796. The number of rotatable bonds is 13. The molecule has 2 heterocycles. The summed E-state index contributed by atoms with van der Waals surface area (Å²) in [6, 6.07) is 27.3. The predicted octanol–water partition coefficient (Wildman–Crippen LogP) is 8.31. The fraction of sp³-hybridized carbons (Fsp3) is 0.273. The van der Waals surface area contributed by atoms with Gasteiger partial charge in [0.25, 0.3) is 0 Å². The van der Waals surface area contributed by atoms with Crippen molar-refractivity contribution >= 4 is 29.4 Å². The summed E-state index contributed by atoms with van der Waals surface area (Å²) in [5, 5.41) is 18.2. The van der Waals surface area contributed by atoms with Gasteiger partial charge in [-0.2, -0.15) is 0 Å². The maximum Gasteiger partial charge on any atom is 0.351 e. The van der Waals surface area contributed by atoms with E-state index in [4.69, 9.17) is 14.6 Å². The molecule has 1 unspecified atom stereocenters. The molecule has 1 aliphatic heterocycles. The molecule has 0 saturated heterocycles. The Morgan fingerprint density at radius 2 is 1.64 bits per heavy atom. The molecule has 0 aliphatic carbocycles. The van der Waals surface area contributed by atoms with Gasteiger partial charge in [0.15, 0.2) is 0 Å². The topological polar surface area (TPSA) is 129 Å². The second-order valence-corrected chi connectivity index (χ2v) is 14.3. The van der Waals surface area contributed by atoms with Crippen LogP contribution in [0.4, 0.5) is 10.1 Å². The van der Waals surface area contributed by atoms with Crippen molar-refractivity contribution in [1.29, 1.82) is 0 Å². The van der Waals surface area contributed by atoms with Crippen LogP contribution in [0.15, 0.2) is 102 Å². The quantitative estimate of drug-likeness (QED) is 0.0818. The molecule has 1 aromatic heterocycles. The maximum atomic E-state index is 13.2. The molecular weight excluding hydrogens is 698 g/mol. The highest BCUT2D eigenvalue weighted by Gasteiger charge is 2.33. The SMILES string of the molecule is CCN(CC)c1ccc(-c2nc(-c3ccc(C4=NOC(C(=O)OC(C)(C)C)C4)cc3)c(-c3ccc(/C=C/C(=O)NCCc4ccc(F)cc4)cc3)[nH]2)c(O)c1. The van der Waals surface area contributed by atoms with Gasteiger partial charge in [-0.1, -0.05) is 65.8 Å². The van der Waals surface area contributed by atoms with E-state index in [2.05, 4.69) is 34.2 Å². The van der Waals surface area contributed by atoms with E-state index in [0.717, 1.165) is 52.3 Å². The average molecular weight is 744 g/mol. The number of phenols is 1. The third-order valence-corrected chi connectivity index (χ3v) is 9.15. The van der Waals surface area contributed by atoms with Crippen LogP contribution < -0.4 is 10.2 Å². The Morgan fingerprint density at radius 1 is 0.964 bits per heavy atom. The van der Waals surface area contributed by atoms with Crippen molar-refractivity contribution in [2.24, 2.45) is 5.16 Å². The predicted molar refractivity (Wildman–Crippen MR) is 214 cm³/mol. The number of halogens is 1. The van der Waals surface area contributed by atoms with E-state index in [9.17, 15) is 19.1 Å². The monoisotopic (exact) mass is 743 g/mol. The van der Waals surface area contributed by atoms with Crippen LogP contribution in [-0.4, -0.2) is 64.0 Å². The molecule has 284 valence electrons. The number of H-pyrrole nitrogens is 1. The van der Waals surface area contributed by atoms with E-state index in [-0.39, 0.29) is 17.5 Å². The van der Waals surface area contributed by atoms with Crippen LogP contribution in [0, 0.1) is 5.82 Å². The van der Waals surface area contributed by atoms with Crippen LogP contribution in [0.25, 0.3) is 40.0 Å². The van der Waals surface area contributed by atoms with E-state index >= 15 is 0 Å². The molecule has 6 rings (SSSR count). The summed E-state index contributed by atoms with van der Waals surface area (Å²) in [5.41, 5.74) is 7.19. The van der Waals surface area contributed by atoms with Gasteiger partial charge in [0.2, 0.25) is 12.0 Å². The van der Waals surface area contributed by atoms with Crippen LogP contribution in [0.2, 0.25) is 0 Å². The molecule has 0 radical (unpaired) electrons. The number of aromatic amines is 1. The lowest BCUT2D eigenvalue weighted by molar-refractivity contribution is -0.166. The zero-order valence-corrected chi connectivity index (χ0v) is 31.7. The standard InChI is InChI=1S/C44H46FN5O5/c1-6-50(7-2)34-21-22-35(37(51)26-34)42-47-40(31-13-8-28(9-14-31)12-23-39(52)46-25-24-29-10-19-33(45)20-11-29)41(48-42)32-17-15-30(16-18-32)36-27-38(55-49-36)43(53)54-44(3,4)5/h8-23,26,38,51H,6-7,24-25,27H2,1-5H3,(H,46,52)(H,47,48)/b23-12+. The van der Waals surface area contributed by atoms with Crippen molar-refractivity contribution in [3.05, 3.63) is 120 Å². The van der Waals surface area contributed by atoms with Crippen molar-refractivity contribution in [1.82, 2.24) is 15.3 Å². The third-order valence-electron chi connectivity index (χ3n) is 9.15. The fourth-order valence-corrected chi connectivity index (χ4v) is 6.26. The van der Waals surface area contributed by atoms with Crippen molar-refractivity contribution in [2.45, 2.75) is 59.2 Å². The lowest BCUT2D eigenvalue weighted by Gasteiger charge is -2.21. The molecule has 1 atom stereocenters. The summed E-state index contributed by atoms with van der Waals surface area (Å²) in [6.45, 7) is 11.6. The van der Waals surface area contributed by atoms with Crippen molar-refractivity contribution < 1.29 is 28.7 Å². The van der Waals surface area contributed by atoms with Crippen molar-refractivity contribution in [2.75, 3.05) is 24.5 Å². The molecule has 1 aliphatic rings. The Labute approximate surface area is 320 Å². The lowest BCUT2D eigenvalue weighted by atomic mass is 10.00. The lowest BCUT2D eigenvalue weighted by Crippen LogP contribution is -2.32. The molecule has 10 nitrogen and oxygen atoms in total. The highest BCUT2D eigenvalue weighted by atomic mass is 19.1. The number of hydrogen-bond donors (Lipinski definition) is 3. The summed E-state index contributed by atoms with van der Waals surface area (Å²) in [4.78, 5) is 41.1. The Balaban J connectivity index is 1.23. The summed E-state index contributed by atoms with van der Waals surface area (Å²) in [7, 11) is 0. The number of oxime groups is 1. The Hall–Kier alpha value is -6.23. The van der Waals surface area contributed by atoms with Crippen LogP contribution in [0.1, 0.15) is 57.7 Å². The highest BCUT2D eigenvalue weighted by Crippen LogP contribution is 2.37. The molecular formula is C44H46FN5O5. The minimum absolute atomic E-state index is 0.113. The Bertz CT molecular complexity index is 2180. The van der Waals surface area contributed by atoms with Gasteiger partial charge in [0.1, 0.15) is 23.0 Å². The van der Waals surface area contributed by atoms with Gasteiger partial charge in [-0.25, -0.2) is 14.2 Å². The first-order valence-corrected chi connectivity index (χ1v) is 18.5. The molecule has 0 bridgehead atoms. The van der Waals surface area contributed by atoms with Crippen LogP contribution >= 0.6 is 0 Å². The summed E-state index contributed by atoms with van der Waals surface area (Å²) in [6.07, 6.45) is 3.33. The van der Waals surface area contributed by atoms with Crippen LogP contribution in [-0.2, 0) is 25.6 Å². The number of benzene rings is 4. The number of nitrogens with zero attached hydrogens (tertiary/aromatic N) is 3. The molecule has 5 aromatic rings. The number of ether oxygens (including phenoxy) is 1. The number of hydrogen-bond acceptors (Lipinski definition) is 8. The number of carbonyl (C=O) groups is 2. The normalized spacial score (nSPS) is 14.1. The zero-order chi connectivity index (χ0) is 39.1. The number of carbonyl (C=O) groups excluding carboxylic acids is 2. The van der Waals surface area contributed by atoms with E-state index in [1.807, 2.05) is 81.4 Å². The fourth-order valence-electron chi connectivity index (χ4n) is 6.26. The first-order chi connectivity index (χ1) is 26.4. The van der Waals surface area contributed by atoms with Gasteiger partial charge in [-0.15, -0.1) is 0 Å². The van der Waals surface area contributed by atoms with Crippen LogP contribution in [0.3, 0.4) is 0 Å². The molecule has 0 spiro atoms. The first-order valence-electron chi connectivity index (χ1n) is 18.5. The van der Waals surface area contributed by atoms with Crippen molar-refractivity contribution in [3.8, 4) is 39.7 Å². The summed E-state index contributed by atoms with van der Waals surface area (Å²) >= 11 is 0. The number of amides is 1. The molecule has 55 heavy (non-hydrogen) atoms. The van der Waals surface area contributed by atoms with Crippen molar-refractivity contribution in [3.63, 3.8) is 0 Å². The number of nitrogens with one attached hydrogen (secondary N) is 2. The molecule has 11 heteroatoms. The minimum Gasteiger partial charge on any atom is -0.507 e. The van der Waals surface area contributed by atoms with Gasteiger partial charge in [0.05, 0.1) is 22.7 Å². The van der Waals surface area contributed by atoms with E-state index in [0.29, 0.717) is 42.2 Å². The molecule has 1 amide bonds. The Kier molecular flexibility index (Phi) is 11.8. The first kappa shape index (κ1) is 38.5. The number of anilines is 1. The molecule has 0 fully saturated rings. The van der Waals surface area contributed by atoms with Gasteiger partial charge in [-0.3, -0.25) is 4.79 Å². The molecule has 4 aromatic carbocycles. The maximum absolute atomic E-state index is 13.2. The average Bonchev–Trinajstić information content (AvgIpc) is 3.84. The number of aromatic nitrogens is 2. The van der Waals surface area contributed by atoms with E-state index in [1.54, 1.807) is 24.3 Å². The second-order valence-electron chi connectivity index (χ2n) is 14.3. The summed E-state index contributed by atoms with van der Waals surface area (Å²) in [5.74, 6) is -0.344. The van der Waals surface area contributed by atoms with Gasteiger partial charge in [-0.05, 0) is 88.1 Å². The number of imidazole rings is 1. The zero-order valence-electron chi connectivity index (χ0n) is 31.7. The van der Waals surface area contributed by atoms with Gasteiger partial charge in [0, 0.05) is 55.0 Å². The summed E-state index contributed by atoms with van der Waals surface area (Å²) < 4.78 is 18.6. The van der Waals surface area contributed by atoms with E-state index in [1.165, 1.54) is 18.2 Å². The number of esters is 1. The van der Waals surface area contributed by atoms with Gasteiger partial charge < -0.3 is 29.9 Å². The smallest absolute Gasteiger partial charge is 0.351 e. The Morgan fingerprint density at radius 3 is 2.29 bits per heavy atom. The highest BCUT2D eigenvalue weighted by molar-refractivity contribution is 6.04. The number of phenolic OH excluding ortho intramolecular Hbond substituents is 1. The van der Waals surface area contributed by atoms with E-state index < -0.39 is 17.7 Å². The number of aromatic hydroxyl groups is 1. The third kappa shape index (κ3) is 9.66. The molecule has 3 N–H and O–H groups in total. The van der Waals surface area contributed by atoms with Crippen LogP contribution in [0.5, 0.6) is 5.75 Å². The van der Waals surface area contributed by atoms with Gasteiger partial charge >= 0.3 is 5.97 Å². The molecule has 0 saturated carbocycles. The second kappa shape index (κ2) is 16.8. The largest absolute Gasteiger partial charge is 0.507 e.